The van der Waals surface area contributed by atoms with Crippen LogP contribution in [0.2, 0.25) is 0 Å². The van der Waals surface area contributed by atoms with Gasteiger partial charge in [-0.15, -0.1) is 24.0 Å². The van der Waals surface area contributed by atoms with Crippen LogP contribution in [0, 0.1) is 5.82 Å². The highest BCUT2D eigenvalue weighted by Gasteiger charge is 2.04. The first-order valence-electron chi connectivity index (χ1n) is 7.09. The molecule has 0 amide bonds. The second-order valence-electron chi connectivity index (χ2n) is 4.52. The van der Waals surface area contributed by atoms with Gasteiger partial charge >= 0.3 is 0 Å². The molecule has 0 radical (unpaired) electrons. The van der Waals surface area contributed by atoms with Gasteiger partial charge in [-0.1, -0.05) is 0 Å². The van der Waals surface area contributed by atoms with Crippen molar-refractivity contribution in [2.24, 2.45) is 4.99 Å². The molecule has 0 heterocycles. The molecule has 0 aliphatic heterocycles. The van der Waals surface area contributed by atoms with Crippen molar-refractivity contribution in [1.29, 1.82) is 0 Å². The average Bonchev–Trinajstić information content (AvgIpc) is 2.47. The molecule has 1 atom stereocenters. The molecule has 2 N–H and O–H groups in total. The maximum atomic E-state index is 12.8. The predicted molar refractivity (Wildman–Crippen MR) is 104 cm³/mol. The first kappa shape index (κ1) is 21.3. The molecule has 1 rings (SSSR count). The third-order valence-electron chi connectivity index (χ3n) is 2.60. The van der Waals surface area contributed by atoms with E-state index in [0.717, 1.165) is 24.8 Å². The Morgan fingerprint density at radius 2 is 2.00 bits per heavy atom. The van der Waals surface area contributed by atoms with Crippen molar-refractivity contribution in [3.63, 3.8) is 0 Å². The molecule has 22 heavy (non-hydrogen) atoms. The minimum Gasteiger partial charge on any atom is -0.489 e. The molecular formula is C15H25FIN3OS. The fraction of sp³-hybridized carbons (Fsp3) is 0.533. The van der Waals surface area contributed by atoms with E-state index < -0.39 is 0 Å². The first-order valence-corrected chi connectivity index (χ1v) is 8.48. The van der Waals surface area contributed by atoms with E-state index in [1.165, 1.54) is 12.1 Å². The number of hydrogen-bond donors (Lipinski definition) is 2. The third kappa shape index (κ3) is 9.34. The quantitative estimate of drug-likeness (QED) is 0.282. The van der Waals surface area contributed by atoms with Crippen LogP contribution in [0.15, 0.2) is 29.3 Å². The summed E-state index contributed by atoms with van der Waals surface area (Å²) in [7, 11) is 0. The summed E-state index contributed by atoms with van der Waals surface area (Å²) in [6.45, 7) is 6.20. The molecule has 0 saturated heterocycles. The highest BCUT2D eigenvalue weighted by Crippen LogP contribution is 2.12. The van der Waals surface area contributed by atoms with Gasteiger partial charge in [0, 0.05) is 18.8 Å². The number of nitrogens with zero attached hydrogens (tertiary/aromatic N) is 1. The molecule has 0 saturated carbocycles. The van der Waals surface area contributed by atoms with Gasteiger partial charge in [0.15, 0.2) is 5.96 Å². The van der Waals surface area contributed by atoms with Crippen LogP contribution in [0.1, 0.15) is 13.8 Å². The lowest BCUT2D eigenvalue weighted by molar-refractivity contribution is 0.230. The van der Waals surface area contributed by atoms with Crippen molar-refractivity contribution < 1.29 is 9.13 Å². The third-order valence-corrected chi connectivity index (χ3v) is 3.21. The summed E-state index contributed by atoms with van der Waals surface area (Å²) in [5, 5.41) is 6.45. The SMILES string of the molecule is CCNC(=NCC(C)Oc1ccc(F)cc1)NCCSC.I. The van der Waals surface area contributed by atoms with Gasteiger partial charge in [0.25, 0.3) is 0 Å². The van der Waals surface area contributed by atoms with Crippen LogP contribution >= 0.6 is 35.7 Å². The van der Waals surface area contributed by atoms with E-state index in [0.29, 0.717) is 12.3 Å². The van der Waals surface area contributed by atoms with Crippen molar-refractivity contribution in [2.45, 2.75) is 20.0 Å². The van der Waals surface area contributed by atoms with E-state index >= 15 is 0 Å². The van der Waals surface area contributed by atoms with Gasteiger partial charge in [0.1, 0.15) is 17.7 Å². The van der Waals surface area contributed by atoms with Gasteiger partial charge in [0.2, 0.25) is 0 Å². The molecule has 0 aliphatic rings. The largest absolute Gasteiger partial charge is 0.489 e. The minimum absolute atomic E-state index is 0. The molecule has 1 unspecified atom stereocenters. The van der Waals surface area contributed by atoms with E-state index in [9.17, 15) is 4.39 Å². The lowest BCUT2D eigenvalue weighted by Gasteiger charge is -2.15. The smallest absolute Gasteiger partial charge is 0.191 e. The van der Waals surface area contributed by atoms with Crippen molar-refractivity contribution in [2.75, 3.05) is 31.6 Å². The second-order valence-corrected chi connectivity index (χ2v) is 5.51. The van der Waals surface area contributed by atoms with Gasteiger partial charge in [0.05, 0.1) is 6.54 Å². The number of rotatable bonds is 8. The monoisotopic (exact) mass is 441 g/mol. The van der Waals surface area contributed by atoms with Crippen molar-refractivity contribution in [3.05, 3.63) is 30.1 Å². The van der Waals surface area contributed by atoms with Crippen molar-refractivity contribution in [3.8, 4) is 5.75 Å². The number of halogens is 2. The molecule has 0 spiro atoms. The van der Waals surface area contributed by atoms with E-state index in [1.54, 1.807) is 23.9 Å². The Hall–Kier alpha value is -0.700. The van der Waals surface area contributed by atoms with Gasteiger partial charge in [-0.05, 0) is 44.4 Å². The number of nitrogens with one attached hydrogen (secondary N) is 2. The summed E-state index contributed by atoms with van der Waals surface area (Å²) < 4.78 is 18.5. The number of guanidine groups is 1. The normalized spacial score (nSPS) is 12.3. The van der Waals surface area contributed by atoms with Crippen LogP contribution in [-0.4, -0.2) is 43.7 Å². The number of ether oxygens (including phenoxy) is 1. The van der Waals surface area contributed by atoms with Gasteiger partial charge in [-0.3, -0.25) is 0 Å². The van der Waals surface area contributed by atoms with Crippen LogP contribution in [0.25, 0.3) is 0 Å². The number of aliphatic imine (C=N–C) groups is 1. The Balaban J connectivity index is 0.00000441. The van der Waals surface area contributed by atoms with Gasteiger partial charge < -0.3 is 15.4 Å². The fourth-order valence-corrected chi connectivity index (χ4v) is 1.92. The Labute approximate surface area is 153 Å². The van der Waals surface area contributed by atoms with E-state index in [2.05, 4.69) is 21.9 Å². The minimum atomic E-state index is -0.263. The number of thioether (sulfide) groups is 1. The summed E-state index contributed by atoms with van der Waals surface area (Å²) in [5.41, 5.74) is 0. The summed E-state index contributed by atoms with van der Waals surface area (Å²) in [6.07, 6.45) is 2.00. The summed E-state index contributed by atoms with van der Waals surface area (Å²) in [6, 6.07) is 6.02. The topological polar surface area (TPSA) is 45.7 Å². The summed E-state index contributed by atoms with van der Waals surface area (Å²) in [4.78, 5) is 4.49. The zero-order chi connectivity index (χ0) is 15.5. The van der Waals surface area contributed by atoms with Crippen LogP contribution in [0.3, 0.4) is 0 Å². The van der Waals surface area contributed by atoms with E-state index in [-0.39, 0.29) is 35.9 Å². The maximum Gasteiger partial charge on any atom is 0.191 e. The van der Waals surface area contributed by atoms with Crippen LogP contribution in [0.5, 0.6) is 5.75 Å². The van der Waals surface area contributed by atoms with Gasteiger partial charge in [-0.2, -0.15) is 11.8 Å². The Bertz CT molecular complexity index is 431. The predicted octanol–water partition coefficient (Wildman–Crippen LogP) is 3.13. The van der Waals surface area contributed by atoms with Crippen LogP contribution in [-0.2, 0) is 0 Å². The molecule has 0 bridgehead atoms. The molecule has 0 fully saturated rings. The van der Waals surface area contributed by atoms with Crippen LogP contribution < -0.4 is 15.4 Å². The molecule has 4 nitrogen and oxygen atoms in total. The lowest BCUT2D eigenvalue weighted by atomic mass is 10.3. The lowest BCUT2D eigenvalue weighted by Crippen LogP contribution is -2.39. The maximum absolute atomic E-state index is 12.8. The Morgan fingerprint density at radius 3 is 2.59 bits per heavy atom. The Kier molecular flexibility index (Phi) is 12.4. The molecule has 0 aliphatic carbocycles. The fourth-order valence-electron chi connectivity index (χ4n) is 1.62. The van der Waals surface area contributed by atoms with Gasteiger partial charge in [-0.25, -0.2) is 9.38 Å². The molecule has 1 aromatic carbocycles. The van der Waals surface area contributed by atoms with E-state index in [4.69, 9.17) is 4.74 Å². The standard InChI is InChI=1S/C15H24FN3OS.HI/c1-4-17-15(18-9-10-21-3)19-11-12(2)20-14-7-5-13(16)6-8-14;/h5-8,12H,4,9-11H2,1-3H3,(H2,17,18,19);1H. The molecular weight excluding hydrogens is 416 g/mol. The number of benzene rings is 1. The summed E-state index contributed by atoms with van der Waals surface area (Å²) >= 11 is 1.79. The molecule has 126 valence electrons. The number of hydrogen-bond acceptors (Lipinski definition) is 3. The second kappa shape index (κ2) is 12.8. The average molecular weight is 441 g/mol. The molecule has 7 heteroatoms. The van der Waals surface area contributed by atoms with Crippen molar-refractivity contribution in [1.82, 2.24) is 10.6 Å². The van der Waals surface area contributed by atoms with Crippen molar-refractivity contribution >= 4 is 41.7 Å². The molecule has 0 aromatic heterocycles. The highest BCUT2D eigenvalue weighted by molar-refractivity contribution is 14.0. The molecule has 1 aromatic rings. The van der Waals surface area contributed by atoms with Crippen LogP contribution in [0.4, 0.5) is 4.39 Å². The summed E-state index contributed by atoms with van der Waals surface area (Å²) in [5.74, 6) is 2.22. The van der Waals surface area contributed by atoms with E-state index in [1.807, 2.05) is 13.8 Å². The first-order chi connectivity index (χ1) is 10.2. The highest BCUT2D eigenvalue weighted by atomic mass is 127. The zero-order valence-corrected chi connectivity index (χ0v) is 16.4. The Morgan fingerprint density at radius 1 is 1.32 bits per heavy atom. The zero-order valence-electron chi connectivity index (χ0n) is 13.3.